The van der Waals surface area contributed by atoms with E-state index in [1.165, 1.54) is 32.2 Å². The van der Waals surface area contributed by atoms with E-state index in [2.05, 4.69) is 12.2 Å². The Balaban J connectivity index is 1.70. The SMILES string of the molecule is CC1(NCC2CCC2)CCOC1. The lowest BCUT2D eigenvalue weighted by atomic mass is 9.85. The van der Waals surface area contributed by atoms with Crippen LogP contribution in [0.3, 0.4) is 0 Å². The standard InChI is InChI=1S/C10H19NO/c1-10(5-6-12-8-10)11-7-9-3-2-4-9/h9,11H,2-8H2,1H3. The van der Waals surface area contributed by atoms with Gasteiger partial charge in [0.25, 0.3) is 0 Å². The lowest BCUT2D eigenvalue weighted by molar-refractivity contribution is 0.165. The van der Waals surface area contributed by atoms with E-state index >= 15 is 0 Å². The van der Waals surface area contributed by atoms with Crippen LogP contribution in [0.15, 0.2) is 0 Å². The summed E-state index contributed by atoms with van der Waals surface area (Å²) < 4.78 is 5.38. The maximum absolute atomic E-state index is 5.38. The molecule has 1 heterocycles. The van der Waals surface area contributed by atoms with Gasteiger partial charge in [-0.15, -0.1) is 0 Å². The van der Waals surface area contributed by atoms with E-state index in [1.54, 1.807) is 0 Å². The van der Waals surface area contributed by atoms with Crippen LogP contribution in [-0.2, 0) is 4.74 Å². The highest BCUT2D eigenvalue weighted by Gasteiger charge is 2.30. The molecular formula is C10H19NO. The van der Waals surface area contributed by atoms with Gasteiger partial charge in [0.2, 0.25) is 0 Å². The molecule has 1 N–H and O–H groups in total. The first-order valence-electron chi connectivity index (χ1n) is 5.11. The molecule has 1 unspecified atom stereocenters. The molecule has 2 fully saturated rings. The lowest BCUT2D eigenvalue weighted by Crippen LogP contribution is -2.45. The maximum Gasteiger partial charge on any atom is 0.0646 e. The summed E-state index contributed by atoms with van der Waals surface area (Å²) in [5, 5.41) is 3.63. The molecule has 2 nitrogen and oxygen atoms in total. The van der Waals surface area contributed by atoms with Crippen molar-refractivity contribution >= 4 is 0 Å². The van der Waals surface area contributed by atoms with Gasteiger partial charge in [-0.05, 0) is 38.6 Å². The molecule has 0 bridgehead atoms. The third kappa shape index (κ3) is 1.80. The molecule has 1 aliphatic carbocycles. The zero-order valence-corrected chi connectivity index (χ0v) is 7.94. The first-order chi connectivity index (χ1) is 5.79. The molecule has 70 valence electrons. The maximum atomic E-state index is 5.38. The summed E-state index contributed by atoms with van der Waals surface area (Å²) in [5.41, 5.74) is 0.287. The average Bonchev–Trinajstić information content (AvgIpc) is 2.33. The van der Waals surface area contributed by atoms with Gasteiger partial charge < -0.3 is 10.1 Å². The van der Waals surface area contributed by atoms with E-state index in [1.807, 2.05) is 0 Å². The van der Waals surface area contributed by atoms with E-state index in [0.717, 1.165) is 19.1 Å². The summed E-state index contributed by atoms with van der Waals surface area (Å²) in [6, 6.07) is 0. The van der Waals surface area contributed by atoms with Gasteiger partial charge in [-0.1, -0.05) is 6.42 Å². The summed E-state index contributed by atoms with van der Waals surface area (Å²) in [7, 11) is 0. The van der Waals surface area contributed by atoms with Crippen LogP contribution in [-0.4, -0.2) is 25.3 Å². The Hall–Kier alpha value is -0.0800. The number of nitrogens with one attached hydrogen (secondary N) is 1. The highest BCUT2D eigenvalue weighted by Crippen LogP contribution is 2.27. The predicted octanol–water partition coefficient (Wildman–Crippen LogP) is 1.56. The minimum atomic E-state index is 0.287. The molecule has 0 amide bonds. The van der Waals surface area contributed by atoms with Crippen LogP contribution in [0.5, 0.6) is 0 Å². The van der Waals surface area contributed by atoms with Gasteiger partial charge in [0.1, 0.15) is 0 Å². The van der Waals surface area contributed by atoms with Crippen molar-refractivity contribution in [1.82, 2.24) is 5.32 Å². The van der Waals surface area contributed by atoms with Crippen LogP contribution >= 0.6 is 0 Å². The lowest BCUT2D eigenvalue weighted by Gasteiger charge is -2.31. The fourth-order valence-corrected chi connectivity index (χ4v) is 1.89. The molecule has 1 aliphatic heterocycles. The second-order valence-electron chi connectivity index (χ2n) is 4.54. The molecule has 2 rings (SSSR count). The van der Waals surface area contributed by atoms with Crippen LogP contribution < -0.4 is 5.32 Å². The summed E-state index contributed by atoms with van der Waals surface area (Å²) in [5.74, 6) is 0.961. The molecular weight excluding hydrogens is 150 g/mol. The molecule has 0 spiro atoms. The van der Waals surface area contributed by atoms with E-state index in [9.17, 15) is 0 Å². The first kappa shape index (κ1) is 8.52. The number of hydrogen-bond acceptors (Lipinski definition) is 2. The molecule has 2 heteroatoms. The summed E-state index contributed by atoms with van der Waals surface area (Å²) in [4.78, 5) is 0. The third-order valence-electron chi connectivity index (χ3n) is 3.26. The Labute approximate surface area is 74.7 Å². The average molecular weight is 169 g/mol. The Kier molecular flexibility index (Phi) is 2.37. The highest BCUT2D eigenvalue weighted by atomic mass is 16.5. The van der Waals surface area contributed by atoms with E-state index < -0.39 is 0 Å². The Bertz CT molecular complexity index is 148. The topological polar surface area (TPSA) is 21.3 Å². The molecule has 0 aromatic rings. The van der Waals surface area contributed by atoms with Crippen LogP contribution in [0, 0.1) is 5.92 Å². The largest absolute Gasteiger partial charge is 0.379 e. The molecule has 0 aromatic carbocycles. The fraction of sp³-hybridized carbons (Fsp3) is 1.00. The summed E-state index contributed by atoms with van der Waals surface area (Å²) in [6.45, 7) is 5.33. The molecule has 0 aromatic heterocycles. The second kappa shape index (κ2) is 3.35. The number of ether oxygens (including phenoxy) is 1. The normalized spacial score (nSPS) is 36.8. The van der Waals surface area contributed by atoms with Gasteiger partial charge in [-0.25, -0.2) is 0 Å². The van der Waals surface area contributed by atoms with Crippen molar-refractivity contribution in [3.05, 3.63) is 0 Å². The molecule has 1 saturated carbocycles. The van der Waals surface area contributed by atoms with Crippen molar-refractivity contribution in [2.24, 2.45) is 5.92 Å². The van der Waals surface area contributed by atoms with Gasteiger partial charge in [-0.2, -0.15) is 0 Å². The third-order valence-corrected chi connectivity index (χ3v) is 3.26. The zero-order valence-electron chi connectivity index (χ0n) is 7.94. The van der Waals surface area contributed by atoms with Crippen molar-refractivity contribution < 1.29 is 4.74 Å². The van der Waals surface area contributed by atoms with Crippen molar-refractivity contribution in [3.63, 3.8) is 0 Å². The van der Waals surface area contributed by atoms with E-state index in [-0.39, 0.29) is 5.54 Å². The van der Waals surface area contributed by atoms with Gasteiger partial charge >= 0.3 is 0 Å². The van der Waals surface area contributed by atoms with Gasteiger partial charge in [0.05, 0.1) is 6.61 Å². The van der Waals surface area contributed by atoms with Crippen LogP contribution in [0.25, 0.3) is 0 Å². The van der Waals surface area contributed by atoms with Crippen molar-refractivity contribution in [1.29, 1.82) is 0 Å². The van der Waals surface area contributed by atoms with Crippen molar-refractivity contribution in [2.75, 3.05) is 19.8 Å². The quantitative estimate of drug-likeness (QED) is 0.692. The van der Waals surface area contributed by atoms with Crippen LogP contribution in [0.1, 0.15) is 32.6 Å². The molecule has 2 aliphatic rings. The predicted molar refractivity (Wildman–Crippen MR) is 49.2 cm³/mol. The molecule has 12 heavy (non-hydrogen) atoms. The fourth-order valence-electron chi connectivity index (χ4n) is 1.89. The Morgan fingerprint density at radius 2 is 2.33 bits per heavy atom. The van der Waals surface area contributed by atoms with Crippen molar-refractivity contribution in [2.45, 2.75) is 38.1 Å². The van der Waals surface area contributed by atoms with Crippen LogP contribution in [0.2, 0.25) is 0 Å². The van der Waals surface area contributed by atoms with Gasteiger partial charge in [0.15, 0.2) is 0 Å². The Morgan fingerprint density at radius 1 is 1.50 bits per heavy atom. The van der Waals surface area contributed by atoms with Crippen LogP contribution in [0.4, 0.5) is 0 Å². The number of rotatable bonds is 3. The zero-order chi connectivity index (χ0) is 8.44. The monoisotopic (exact) mass is 169 g/mol. The molecule has 1 saturated heterocycles. The minimum absolute atomic E-state index is 0.287. The van der Waals surface area contributed by atoms with E-state index in [0.29, 0.717) is 0 Å². The van der Waals surface area contributed by atoms with Gasteiger partial charge in [-0.3, -0.25) is 0 Å². The molecule has 0 radical (unpaired) electrons. The summed E-state index contributed by atoms with van der Waals surface area (Å²) in [6.07, 6.45) is 5.49. The minimum Gasteiger partial charge on any atom is -0.379 e. The first-order valence-corrected chi connectivity index (χ1v) is 5.11. The second-order valence-corrected chi connectivity index (χ2v) is 4.54. The smallest absolute Gasteiger partial charge is 0.0646 e. The van der Waals surface area contributed by atoms with Gasteiger partial charge in [0, 0.05) is 12.1 Å². The number of hydrogen-bond donors (Lipinski definition) is 1. The highest BCUT2D eigenvalue weighted by molar-refractivity contribution is 4.88. The molecule has 1 atom stereocenters. The van der Waals surface area contributed by atoms with E-state index in [4.69, 9.17) is 4.74 Å². The Morgan fingerprint density at radius 3 is 2.83 bits per heavy atom. The summed E-state index contributed by atoms with van der Waals surface area (Å²) >= 11 is 0. The van der Waals surface area contributed by atoms with Crippen molar-refractivity contribution in [3.8, 4) is 0 Å².